The zero-order chi connectivity index (χ0) is 13.5. The molecule has 1 N–H and O–H groups in total. The summed E-state index contributed by atoms with van der Waals surface area (Å²) < 4.78 is 10.6. The molecule has 0 bridgehead atoms. The van der Waals surface area contributed by atoms with Crippen LogP contribution in [0, 0.1) is 0 Å². The Morgan fingerprint density at radius 3 is 3.00 bits per heavy atom. The van der Waals surface area contributed by atoms with E-state index >= 15 is 0 Å². The molecule has 0 aliphatic heterocycles. The predicted octanol–water partition coefficient (Wildman–Crippen LogP) is 1.89. The van der Waals surface area contributed by atoms with Gasteiger partial charge in [0.1, 0.15) is 17.6 Å². The van der Waals surface area contributed by atoms with Gasteiger partial charge in [-0.15, -0.1) is 0 Å². The van der Waals surface area contributed by atoms with Crippen molar-refractivity contribution in [2.75, 3.05) is 7.11 Å². The largest absolute Gasteiger partial charge is 0.371 e. The molecule has 7 heteroatoms. The van der Waals surface area contributed by atoms with Gasteiger partial charge in [0, 0.05) is 24.9 Å². The zero-order valence-corrected chi connectivity index (χ0v) is 10.8. The molecule has 0 radical (unpaired) electrons. The van der Waals surface area contributed by atoms with Crippen LogP contribution in [0.3, 0.4) is 0 Å². The van der Waals surface area contributed by atoms with E-state index in [1.54, 1.807) is 19.5 Å². The Morgan fingerprint density at radius 1 is 1.37 bits per heavy atom. The van der Waals surface area contributed by atoms with E-state index in [1.807, 2.05) is 13.8 Å². The molecule has 0 amide bonds. The van der Waals surface area contributed by atoms with Crippen molar-refractivity contribution in [2.24, 2.45) is 0 Å². The fraction of sp³-hybridized carbons (Fsp3) is 0.333. The van der Waals surface area contributed by atoms with Gasteiger partial charge in [-0.05, 0) is 13.8 Å². The Kier molecular flexibility index (Phi) is 2.56. The first-order chi connectivity index (χ1) is 9.12. The van der Waals surface area contributed by atoms with E-state index in [0.29, 0.717) is 11.7 Å². The quantitative estimate of drug-likeness (QED) is 0.772. The minimum atomic E-state index is -0.593. The Bertz CT molecular complexity index is 716. The molecule has 0 unspecified atom stereocenters. The lowest BCUT2D eigenvalue weighted by molar-refractivity contribution is 0.00973. The van der Waals surface area contributed by atoms with Crippen LogP contribution in [0.4, 0.5) is 0 Å². The molecule has 0 aromatic carbocycles. The van der Waals surface area contributed by atoms with E-state index in [2.05, 4.69) is 25.1 Å². The Labute approximate surface area is 109 Å². The number of rotatable bonds is 3. The highest BCUT2D eigenvalue weighted by atomic mass is 16.5. The topological polar surface area (TPSA) is 89.7 Å². The number of fused-ring (bicyclic) bond motifs is 1. The number of methoxy groups -OCH3 is 1. The minimum absolute atomic E-state index is 0.418. The summed E-state index contributed by atoms with van der Waals surface area (Å²) >= 11 is 0. The van der Waals surface area contributed by atoms with Gasteiger partial charge < -0.3 is 14.2 Å². The van der Waals surface area contributed by atoms with Crippen molar-refractivity contribution in [3.63, 3.8) is 0 Å². The zero-order valence-electron chi connectivity index (χ0n) is 10.8. The average molecular weight is 259 g/mol. The van der Waals surface area contributed by atoms with E-state index < -0.39 is 5.60 Å². The van der Waals surface area contributed by atoms with Gasteiger partial charge >= 0.3 is 0 Å². The highest BCUT2D eigenvalue weighted by Crippen LogP contribution is 2.28. The number of hydrogen-bond donors (Lipinski definition) is 1. The lowest BCUT2D eigenvalue weighted by Crippen LogP contribution is -2.21. The smallest absolute Gasteiger partial charge is 0.260 e. The van der Waals surface area contributed by atoms with Crippen molar-refractivity contribution in [1.29, 1.82) is 0 Å². The summed E-state index contributed by atoms with van der Waals surface area (Å²) in [5.74, 6) is 0.914. The number of H-pyrrole nitrogens is 1. The molecule has 0 saturated heterocycles. The Hall–Kier alpha value is -2.28. The molecule has 0 fully saturated rings. The SMILES string of the molecule is COC(C)(C)c1noc(-c2c[nH]c3ncncc23)n1. The second-order valence-corrected chi connectivity index (χ2v) is 4.62. The van der Waals surface area contributed by atoms with Gasteiger partial charge in [-0.2, -0.15) is 4.98 Å². The summed E-state index contributed by atoms with van der Waals surface area (Å²) in [7, 11) is 1.61. The number of ether oxygens (including phenoxy) is 1. The van der Waals surface area contributed by atoms with Gasteiger partial charge in [0.05, 0.1) is 5.56 Å². The van der Waals surface area contributed by atoms with Crippen molar-refractivity contribution >= 4 is 11.0 Å². The third-order valence-electron chi connectivity index (χ3n) is 3.06. The summed E-state index contributed by atoms with van der Waals surface area (Å²) in [6, 6.07) is 0. The molecule has 0 aliphatic carbocycles. The van der Waals surface area contributed by atoms with Gasteiger partial charge in [-0.1, -0.05) is 5.16 Å². The molecule has 0 spiro atoms. The van der Waals surface area contributed by atoms with Crippen molar-refractivity contribution in [3.8, 4) is 11.5 Å². The summed E-state index contributed by atoms with van der Waals surface area (Å²) in [5.41, 5.74) is 0.918. The summed E-state index contributed by atoms with van der Waals surface area (Å²) in [4.78, 5) is 15.5. The molecule has 0 atom stereocenters. The third-order valence-corrected chi connectivity index (χ3v) is 3.06. The predicted molar refractivity (Wildman–Crippen MR) is 67.2 cm³/mol. The van der Waals surface area contributed by atoms with Gasteiger partial charge in [0.25, 0.3) is 5.89 Å². The highest BCUT2D eigenvalue weighted by Gasteiger charge is 2.27. The van der Waals surface area contributed by atoms with Crippen molar-refractivity contribution in [3.05, 3.63) is 24.5 Å². The molecular weight excluding hydrogens is 246 g/mol. The van der Waals surface area contributed by atoms with Crippen molar-refractivity contribution in [1.82, 2.24) is 25.1 Å². The van der Waals surface area contributed by atoms with E-state index in [9.17, 15) is 0 Å². The van der Waals surface area contributed by atoms with Crippen molar-refractivity contribution < 1.29 is 9.26 Å². The standard InChI is InChI=1S/C12H13N5O2/c1-12(2,18-3)11-16-10(19-17-11)8-5-14-9-7(8)4-13-6-15-9/h4-6H,1-3H3,(H,13,14,15). The number of hydrogen-bond acceptors (Lipinski definition) is 6. The van der Waals surface area contributed by atoms with Crippen LogP contribution in [0.5, 0.6) is 0 Å². The molecule has 98 valence electrons. The number of aromatic amines is 1. The second-order valence-electron chi connectivity index (χ2n) is 4.62. The molecule has 19 heavy (non-hydrogen) atoms. The lowest BCUT2D eigenvalue weighted by Gasteiger charge is -2.17. The van der Waals surface area contributed by atoms with Gasteiger partial charge in [0.15, 0.2) is 0 Å². The fourth-order valence-electron chi connectivity index (χ4n) is 1.71. The third kappa shape index (κ3) is 1.88. The molecule has 7 nitrogen and oxygen atoms in total. The van der Waals surface area contributed by atoms with E-state index in [0.717, 1.165) is 16.6 Å². The Balaban J connectivity index is 2.08. The minimum Gasteiger partial charge on any atom is -0.371 e. The van der Waals surface area contributed by atoms with Crippen LogP contribution in [0.1, 0.15) is 19.7 Å². The summed E-state index contributed by atoms with van der Waals surface area (Å²) in [6.45, 7) is 3.75. The van der Waals surface area contributed by atoms with Gasteiger partial charge in [-0.3, -0.25) is 0 Å². The van der Waals surface area contributed by atoms with Crippen LogP contribution in [0.2, 0.25) is 0 Å². The number of aromatic nitrogens is 5. The van der Waals surface area contributed by atoms with Crippen molar-refractivity contribution in [2.45, 2.75) is 19.4 Å². The molecule has 3 rings (SSSR count). The van der Waals surface area contributed by atoms with Crippen LogP contribution in [0.25, 0.3) is 22.5 Å². The van der Waals surface area contributed by atoms with Crippen LogP contribution in [-0.2, 0) is 10.3 Å². The monoisotopic (exact) mass is 259 g/mol. The maximum atomic E-state index is 5.32. The molecule has 0 saturated carbocycles. The first-order valence-corrected chi connectivity index (χ1v) is 5.78. The average Bonchev–Trinajstić information content (AvgIpc) is 3.05. The maximum absolute atomic E-state index is 5.32. The maximum Gasteiger partial charge on any atom is 0.260 e. The van der Waals surface area contributed by atoms with Crippen LogP contribution in [-0.4, -0.2) is 32.2 Å². The first-order valence-electron chi connectivity index (χ1n) is 5.78. The lowest BCUT2D eigenvalue weighted by atomic mass is 10.1. The van der Waals surface area contributed by atoms with E-state index in [-0.39, 0.29) is 0 Å². The normalized spacial score (nSPS) is 12.2. The van der Waals surface area contributed by atoms with E-state index in [1.165, 1.54) is 6.33 Å². The summed E-state index contributed by atoms with van der Waals surface area (Å²) in [5, 5.41) is 4.80. The fourth-order valence-corrected chi connectivity index (χ4v) is 1.71. The molecule has 3 aromatic rings. The van der Waals surface area contributed by atoms with Gasteiger partial charge in [-0.25, -0.2) is 9.97 Å². The molecule has 0 aliphatic rings. The highest BCUT2D eigenvalue weighted by molar-refractivity contribution is 5.90. The Morgan fingerprint density at radius 2 is 2.21 bits per heavy atom. The van der Waals surface area contributed by atoms with Crippen LogP contribution in [0.15, 0.2) is 23.2 Å². The number of nitrogens with zero attached hydrogens (tertiary/aromatic N) is 4. The van der Waals surface area contributed by atoms with Crippen LogP contribution < -0.4 is 0 Å². The second kappa shape index (κ2) is 4.13. The van der Waals surface area contributed by atoms with Crippen LogP contribution >= 0.6 is 0 Å². The number of nitrogens with one attached hydrogen (secondary N) is 1. The summed E-state index contributed by atoms with van der Waals surface area (Å²) in [6.07, 6.45) is 4.96. The molecule has 3 heterocycles. The first kappa shape index (κ1) is 11.8. The van der Waals surface area contributed by atoms with E-state index in [4.69, 9.17) is 9.26 Å². The molecular formula is C12H13N5O2. The van der Waals surface area contributed by atoms with Gasteiger partial charge in [0.2, 0.25) is 5.82 Å². The molecule has 3 aromatic heterocycles.